The van der Waals surface area contributed by atoms with Crippen molar-refractivity contribution in [2.75, 3.05) is 0 Å². The molecule has 4 aromatic rings. The van der Waals surface area contributed by atoms with Crippen LogP contribution in [0.3, 0.4) is 0 Å². The largest absolute Gasteiger partial charge is 2.00 e. The maximum Gasteiger partial charge on any atom is 2.00 e. The van der Waals surface area contributed by atoms with Crippen molar-refractivity contribution >= 4 is 0 Å². The van der Waals surface area contributed by atoms with Crippen molar-refractivity contribution in [2.24, 2.45) is 0 Å². The van der Waals surface area contributed by atoms with E-state index in [0.717, 1.165) is 12.8 Å². The molecule has 2 aliphatic carbocycles. The van der Waals surface area contributed by atoms with E-state index in [1.807, 2.05) is 0 Å². The van der Waals surface area contributed by atoms with Crippen molar-refractivity contribution in [3.8, 4) is 22.3 Å². The second-order valence-electron chi connectivity index (χ2n) is 8.81. The third-order valence-corrected chi connectivity index (χ3v) is 6.19. The fourth-order valence-corrected chi connectivity index (χ4v) is 4.61. The molecular formula is C30H26Cl2Zr2. The number of rotatable bonds is 0. The molecule has 0 aromatic heterocycles. The number of halogens is 2. The van der Waals surface area contributed by atoms with E-state index in [0.29, 0.717) is 0 Å². The van der Waals surface area contributed by atoms with Crippen molar-refractivity contribution < 1.29 is 77.2 Å². The van der Waals surface area contributed by atoms with Gasteiger partial charge in [-0.3, -0.25) is 0 Å². The summed E-state index contributed by atoms with van der Waals surface area (Å²) in [6, 6.07) is 28.9. The van der Waals surface area contributed by atoms with Gasteiger partial charge in [0, 0.05) is 0 Å². The molecule has 0 unspecified atom stereocenters. The molecule has 0 atom stereocenters. The molecule has 2 aliphatic rings. The van der Waals surface area contributed by atoms with Crippen molar-refractivity contribution in [3.05, 3.63) is 117 Å². The van der Waals surface area contributed by atoms with Gasteiger partial charge in [-0.2, -0.15) is 58.7 Å². The molecule has 0 fully saturated rings. The summed E-state index contributed by atoms with van der Waals surface area (Å²) >= 11 is 0. The number of fused-ring (bicyclic) bond motifs is 6. The van der Waals surface area contributed by atoms with E-state index in [1.54, 1.807) is 0 Å². The molecular weight excluding hydrogens is 614 g/mol. The Bertz CT molecular complexity index is 1100. The van der Waals surface area contributed by atoms with E-state index in [9.17, 15) is 0 Å². The average molecular weight is 640 g/mol. The monoisotopic (exact) mass is 636 g/mol. The Morgan fingerprint density at radius 2 is 0.853 bits per heavy atom. The minimum Gasteiger partial charge on any atom is -1.00 e. The second kappa shape index (κ2) is 13.0. The van der Waals surface area contributed by atoms with E-state index in [4.69, 9.17) is 0 Å². The molecule has 0 spiro atoms. The van der Waals surface area contributed by atoms with E-state index < -0.39 is 0 Å². The third kappa shape index (κ3) is 6.31. The van der Waals surface area contributed by atoms with Crippen molar-refractivity contribution in [1.82, 2.24) is 0 Å². The Balaban J connectivity index is 0.000000304. The normalized spacial score (nSPS) is 10.9. The zero-order chi connectivity index (χ0) is 20.8. The standard InChI is InChI=1S/2C15H13.2ClH.2Zr/c2*1-10-3-5-12-9-13-6-4-11(2)8-15(13)14(12)7-10;;;;/h2*3-5,7-8H,9H2,1-2H3;2*1H;;/q2*-1;;;2*+2/p-2. The van der Waals surface area contributed by atoms with Crippen molar-refractivity contribution in [1.29, 1.82) is 0 Å². The molecule has 4 heteroatoms. The van der Waals surface area contributed by atoms with Gasteiger partial charge >= 0.3 is 52.4 Å². The van der Waals surface area contributed by atoms with Crippen LogP contribution in [0, 0.1) is 39.8 Å². The Hall–Kier alpha value is -0.774. The predicted octanol–water partition coefficient (Wildman–Crippen LogP) is 1.35. The maximum absolute atomic E-state index is 3.38. The molecule has 0 N–H and O–H groups in total. The molecule has 0 saturated heterocycles. The van der Waals surface area contributed by atoms with Crippen molar-refractivity contribution in [3.63, 3.8) is 0 Å². The summed E-state index contributed by atoms with van der Waals surface area (Å²) in [6.45, 7) is 8.56. The Kier molecular flexibility index (Phi) is 11.9. The zero-order valence-corrected chi connectivity index (χ0v) is 26.4. The van der Waals surface area contributed by atoms with Crippen LogP contribution < -0.4 is 24.8 Å². The van der Waals surface area contributed by atoms with Crippen LogP contribution in [0.25, 0.3) is 22.3 Å². The summed E-state index contributed by atoms with van der Waals surface area (Å²) in [4.78, 5) is 0. The molecule has 0 aliphatic heterocycles. The number of aryl methyl sites for hydroxylation is 4. The Morgan fingerprint density at radius 1 is 0.500 bits per heavy atom. The first-order valence-electron chi connectivity index (χ1n) is 10.7. The van der Waals surface area contributed by atoms with Gasteiger partial charge in [-0.1, -0.05) is 83.6 Å². The Labute approximate surface area is 255 Å². The summed E-state index contributed by atoms with van der Waals surface area (Å²) in [7, 11) is 0. The van der Waals surface area contributed by atoms with Gasteiger partial charge in [-0.15, -0.1) is 11.1 Å². The fourth-order valence-electron chi connectivity index (χ4n) is 4.61. The summed E-state index contributed by atoms with van der Waals surface area (Å²) in [5, 5.41) is 0. The summed E-state index contributed by atoms with van der Waals surface area (Å²) in [5.74, 6) is 0. The minimum absolute atomic E-state index is 0. The molecule has 0 heterocycles. The number of hydrogen-bond donors (Lipinski definition) is 0. The minimum atomic E-state index is 0. The van der Waals surface area contributed by atoms with Gasteiger partial charge in [-0.25, -0.2) is 0 Å². The molecule has 4 aromatic carbocycles. The summed E-state index contributed by atoms with van der Waals surface area (Å²) in [5.41, 5.74) is 16.4. The van der Waals surface area contributed by atoms with E-state index in [1.165, 1.54) is 66.8 Å². The third-order valence-electron chi connectivity index (χ3n) is 6.19. The molecule has 0 radical (unpaired) electrons. The van der Waals surface area contributed by atoms with Crippen LogP contribution in [0.2, 0.25) is 0 Å². The molecule has 34 heavy (non-hydrogen) atoms. The second-order valence-corrected chi connectivity index (χ2v) is 8.81. The molecule has 0 amide bonds. The molecule has 0 saturated carbocycles. The van der Waals surface area contributed by atoms with E-state index in [2.05, 4.69) is 100 Å². The van der Waals surface area contributed by atoms with Crippen LogP contribution in [0.1, 0.15) is 44.5 Å². The van der Waals surface area contributed by atoms with Gasteiger partial charge in [0.1, 0.15) is 0 Å². The van der Waals surface area contributed by atoms with Gasteiger partial charge in [0.2, 0.25) is 0 Å². The van der Waals surface area contributed by atoms with Gasteiger partial charge in [-0.05, 0) is 26.7 Å². The first-order valence-corrected chi connectivity index (χ1v) is 10.7. The first kappa shape index (κ1) is 31.3. The van der Waals surface area contributed by atoms with Gasteiger partial charge in [0.05, 0.1) is 0 Å². The van der Waals surface area contributed by atoms with Crippen LogP contribution in [-0.4, -0.2) is 0 Å². The molecule has 168 valence electrons. The fraction of sp³-hybridized carbons (Fsp3) is 0.200. The van der Waals surface area contributed by atoms with Gasteiger partial charge in [0.25, 0.3) is 0 Å². The Morgan fingerprint density at radius 3 is 1.24 bits per heavy atom. The summed E-state index contributed by atoms with van der Waals surface area (Å²) in [6.07, 6.45) is 2.09. The van der Waals surface area contributed by atoms with Crippen LogP contribution >= 0.6 is 0 Å². The first-order chi connectivity index (χ1) is 14.5. The van der Waals surface area contributed by atoms with E-state index >= 15 is 0 Å². The smallest absolute Gasteiger partial charge is 1.00 e. The van der Waals surface area contributed by atoms with Crippen LogP contribution in [-0.2, 0) is 65.2 Å². The average Bonchev–Trinajstić information content (AvgIpc) is 3.26. The van der Waals surface area contributed by atoms with Crippen molar-refractivity contribution in [2.45, 2.75) is 40.5 Å². The topological polar surface area (TPSA) is 0 Å². The molecule has 6 rings (SSSR count). The number of hydrogen-bond acceptors (Lipinski definition) is 0. The van der Waals surface area contributed by atoms with Gasteiger partial charge < -0.3 is 24.8 Å². The maximum atomic E-state index is 3.38. The van der Waals surface area contributed by atoms with Crippen LogP contribution in [0.4, 0.5) is 0 Å². The van der Waals surface area contributed by atoms with E-state index in [-0.39, 0.29) is 77.2 Å². The SMILES string of the molecule is Cc1c[c-]c2c(c1)-c1cc(C)ccc1C2.Cc1c[c-]c2c(c1)-c1cc(C)ccc1C2.[Cl-].[Cl-].[Zr+2].[Zr+2]. The quantitative estimate of drug-likeness (QED) is 0.221. The predicted molar refractivity (Wildman–Crippen MR) is 126 cm³/mol. The van der Waals surface area contributed by atoms with Gasteiger partial charge in [0.15, 0.2) is 0 Å². The number of benzene rings is 4. The molecule has 0 nitrogen and oxygen atoms in total. The molecule has 0 bridgehead atoms. The summed E-state index contributed by atoms with van der Waals surface area (Å²) < 4.78 is 0. The zero-order valence-electron chi connectivity index (χ0n) is 19.9. The van der Waals surface area contributed by atoms with Crippen LogP contribution in [0.15, 0.2) is 60.7 Å². The van der Waals surface area contributed by atoms with Crippen LogP contribution in [0.5, 0.6) is 0 Å².